The van der Waals surface area contributed by atoms with Crippen molar-refractivity contribution in [2.24, 2.45) is 5.14 Å². The minimum atomic E-state index is -3.66. The van der Waals surface area contributed by atoms with Crippen molar-refractivity contribution >= 4 is 27.5 Å². The van der Waals surface area contributed by atoms with Gasteiger partial charge in [0.25, 0.3) is 5.91 Å². The molecule has 0 atom stereocenters. The van der Waals surface area contributed by atoms with Crippen LogP contribution in [0.4, 0.5) is 4.39 Å². The molecule has 1 rings (SSSR count). The lowest BCUT2D eigenvalue weighted by atomic mass is 10.2. The molecule has 0 aliphatic rings. The molecule has 0 fully saturated rings. The number of pyridine rings is 1. The molecule has 0 radical (unpaired) electrons. The summed E-state index contributed by atoms with van der Waals surface area (Å²) in [4.78, 5) is 14.9. The number of nitrogens with two attached hydrogens (primary N) is 1. The first kappa shape index (κ1) is 13.8. The lowest BCUT2D eigenvalue weighted by molar-refractivity contribution is 0.0955. The van der Waals surface area contributed by atoms with Gasteiger partial charge in [0.05, 0.1) is 17.5 Å². The van der Waals surface area contributed by atoms with E-state index in [2.05, 4.69) is 10.3 Å². The number of carbonyl (C=O) groups excluding carboxylic acids is 1. The summed E-state index contributed by atoms with van der Waals surface area (Å²) in [6.07, 6.45) is 0.865. The number of rotatable bonds is 4. The van der Waals surface area contributed by atoms with Crippen molar-refractivity contribution in [3.8, 4) is 0 Å². The van der Waals surface area contributed by atoms with Crippen molar-refractivity contribution in [2.45, 2.75) is 0 Å². The second kappa shape index (κ2) is 5.39. The molecule has 0 saturated carbocycles. The molecular weight excluding hydrogens is 273 g/mol. The molecule has 6 nitrogen and oxygen atoms in total. The van der Waals surface area contributed by atoms with E-state index in [0.29, 0.717) is 0 Å². The van der Waals surface area contributed by atoms with Crippen molar-refractivity contribution in [1.29, 1.82) is 0 Å². The first-order valence-electron chi connectivity index (χ1n) is 4.39. The van der Waals surface area contributed by atoms with Crippen molar-refractivity contribution in [1.82, 2.24) is 10.3 Å². The van der Waals surface area contributed by atoms with Gasteiger partial charge < -0.3 is 5.32 Å². The zero-order valence-corrected chi connectivity index (χ0v) is 10.1. The van der Waals surface area contributed by atoms with Gasteiger partial charge in [-0.3, -0.25) is 4.79 Å². The van der Waals surface area contributed by atoms with Crippen LogP contribution in [-0.2, 0) is 10.0 Å². The van der Waals surface area contributed by atoms with Gasteiger partial charge in [-0.05, 0) is 6.07 Å². The average Bonchev–Trinajstić information content (AvgIpc) is 2.19. The van der Waals surface area contributed by atoms with Gasteiger partial charge in [0.15, 0.2) is 0 Å². The van der Waals surface area contributed by atoms with Crippen LogP contribution < -0.4 is 10.5 Å². The third kappa shape index (κ3) is 4.63. The second-order valence-corrected chi connectivity index (χ2v) is 5.21. The van der Waals surface area contributed by atoms with E-state index in [-0.39, 0.29) is 17.3 Å². The van der Waals surface area contributed by atoms with Gasteiger partial charge in [-0.1, -0.05) is 11.6 Å². The van der Waals surface area contributed by atoms with Crippen LogP contribution in [0.15, 0.2) is 12.3 Å². The lowest BCUT2D eigenvalue weighted by Gasteiger charge is -2.05. The fourth-order valence-corrected chi connectivity index (χ4v) is 1.56. The van der Waals surface area contributed by atoms with Crippen molar-refractivity contribution in [3.05, 3.63) is 28.8 Å². The molecule has 0 spiro atoms. The van der Waals surface area contributed by atoms with Crippen molar-refractivity contribution < 1.29 is 17.6 Å². The summed E-state index contributed by atoms with van der Waals surface area (Å²) in [5, 5.41) is 6.80. The number of nitrogens with one attached hydrogen (secondary N) is 1. The molecule has 0 bridgehead atoms. The maximum atomic E-state index is 12.8. The fourth-order valence-electron chi connectivity index (χ4n) is 0.984. The maximum Gasteiger partial charge on any atom is 0.254 e. The van der Waals surface area contributed by atoms with Crippen LogP contribution in [0.3, 0.4) is 0 Å². The highest BCUT2D eigenvalue weighted by atomic mass is 35.5. The molecule has 1 aromatic heterocycles. The minimum Gasteiger partial charge on any atom is -0.351 e. The van der Waals surface area contributed by atoms with Crippen LogP contribution in [0.5, 0.6) is 0 Å². The Morgan fingerprint density at radius 2 is 2.24 bits per heavy atom. The second-order valence-electron chi connectivity index (χ2n) is 3.11. The molecule has 1 aromatic rings. The summed E-state index contributed by atoms with van der Waals surface area (Å²) >= 11 is 5.58. The summed E-state index contributed by atoms with van der Waals surface area (Å²) in [6.45, 7) is -0.190. The van der Waals surface area contributed by atoms with Gasteiger partial charge in [0, 0.05) is 6.54 Å². The zero-order valence-electron chi connectivity index (χ0n) is 8.48. The largest absolute Gasteiger partial charge is 0.351 e. The number of sulfonamides is 1. The third-order valence-corrected chi connectivity index (χ3v) is 2.80. The maximum absolute atomic E-state index is 12.8. The van der Waals surface area contributed by atoms with Crippen LogP contribution >= 0.6 is 11.6 Å². The summed E-state index contributed by atoms with van der Waals surface area (Å²) in [6, 6.07) is 0.904. The molecule has 9 heteroatoms. The van der Waals surface area contributed by atoms with Crippen LogP contribution in [0.25, 0.3) is 0 Å². The Morgan fingerprint density at radius 3 is 2.82 bits per heavy atom. The number of carbonyl (C=O) groups is 1. The van der Waals surface area contributed by atoms with E-state index >= 15 is 0 Å². The number of amides is 1. The third-order valence-electron chi connectivity index (χ3n) is 1.72. The summed E-state index contributed by atoms with van der Waals surface area (Å²) in [7, 11) is -3.66. The molecule has 0 aliphatic carbocycles. The van der Waals surface area contributed by atoms with Gasteiger partial charge in [0.1, 0.15) is 11.0 Å². The van der Waals surface area contributed by atoms with Crippen LogP contribution in [0, 0.1) is 5.82 Å². The van der Waals surface area contributed by atoms with Crippen LogP contribution in [0.1, 0.15) is 10.4 Å². The topological polar surface area (TPSA) is 102 Å². The summed E-state index contributed by atoms with van der Waals surface area (Å²) < 4.78 is 34.0. The van der Waals surface area contributed by atoms with Crippen molar-refractivity contribution in [3.63, 3.8) is 0 Å². The van der Waals surface area contributed by atoms with Gasteiger partial charge in [-0.2, -0.15) is 0 Å². The quantitative estimate of drug-likeness (QED) is 0.752. The fraction of sp³-hybridized carbons (Fsp3) is 0.250. The predicted octanol–water partition coefficient (Wildman–Crippen LogP) is -0.108. The normalized spacial score (nSPS) is 11.2. The van der Waals surface area contributed by atoms with Gasteiger partial charge in [0.2, 0.25) is 10.0 Å². The molecule has 3 N–H and O–H groups in total. The standard InChI is InChI=1S/C8H9ClFN3O3S/c9-7-6(3-5(10)4-13-7)8(14)12-1-2-17(11,15)16/h3-4H,1-2H2,(H,12,14)(H2,11,15,16). The monoisotopic (exact) mass is 281 g/mol. The Bertz CT molecular complexity index is 535. The molecule has 0 unspecified atom stereocenters. The van der Waals surface area contributed by atoms with Gasteiger partial charge in [-0.25, -0.2) is 22.9 Å². The lowest BCUT2D eigenvalue weighted by Crippen LogP contribution is -2.31. The summed E-state index contributed by atoms with van der Waals surface area (Å²) in [5.74, 6) is -1.85. The van der Waals surface area contributed by atoms with Gasteiger partial charge in [-0.15, -0.1) is 0 Å². The molecular formula is C8H9ClFN3O3S. The number of primary sulfonamides is 1. The summed E-state index contributed by atoms with van der Waals surface area (Å²) in [5.41, 5.74) is -0.166. The Kier molecular flexibility index (Phi) is 4.38. The van der Waals surface area contributed by atoms with E-state index in [1.807, 2.05) is 0 Å². The first-order chi connectivity index (χ1) is 7.79. The molecule has 0 saturated heterocycles. The average molecular weight is 282 g/mol. The zero-order chi connectivity index (χ0) is 13.1. The van der Waals surface area contributed by atoms with E-state index < -0.39 is 27.5 Å². The Balaban J connectivity index is 2.67. The van der Waals surface area contributed by atoms with Crippen molar-refractivity contribution in [2.75, 3.05) is 12.3 Å². The van der Waals surface area contributed by atoms with E-state index in [1.165, 1.54) is 0 Å². The van der Waals surface area contributed by atoms with E-state index in [0.717, 1.165) is 12.3 Å². The molecule has 1 heterocycles. The Hall–Kier alpha value is -1.25. The SMILES string of the molecule is NS(=O)(=O)CCNC(=O)c1cc(F)cnc1Cl. The van der Waals surface area contributed by atoms with Crippen LogP contribution in [-0.4, -0.2) is 31.6 Å². The minimum absolute atomic E-state index is 0.166. The first-order valence-corrected chi connectivity index (χ1v) is 6.48. The molecule has 17 heavy (non-hydrogen) atoms. The number of hydrogen-bond acceptors (Lipinski definition) is 4. The highest BCUT2D eigenvalue weighted by Gasteiger charge is 2.13. The molecule has 0 aromatic carbocycles. The molecule has 94 valence electrons. The number of nitrogens with zero attached hydrogens (tertiary/aromatic N) is 1. The highest BCUT2D eigenvalue weighted by Crippen LogP contribution is 2.13. The smallest absolute Gasteiger partial charge is 0.254 e. The van der Waals surface area contributed by atoms with E-state index in [9.17, 15) is 17.6 Å². The van der Waals surface area contributed by atoms with E-state index in [4.69, 9.17) is 16.7 Å². The Morgan fingerprint density at radius 1 is 1.59 bits per heavy atom. The van der Waals surface area contributed by atoms with Gasteiger partial charge >= 0.3 is 0 Å². The molecule has 0 aliphatic heterocycles. The van der Waals surface area contributed by atoms with Crippen LogP contribution in [0.2, 0.25) is 5.15 Å². The van der Waals surface area contributed by atoms with E-state index in [1.54, 1.807) is 0 Å². The number of hydrogen-bond donors (Lipinski definition) is 2. The predicted molar refractivity (Wildman–Crippen MR) is 59.5 cm³/mol. The Labute approximate surface area is 102 Å². The number of halogens is 2. The molecule has 1 amide bonds. The highest BCUT2D eigenvalue weighted by molar-refractivity contribution is 7.89. The number of aromatic nitrogens is 1.